The molecule has 0 atom stereocenters. The van der Waals surface area contributed by atoms with Crippen molar-refractivity contribution < 1.29 is 18.7 Å². The SMILES string of the molecule is COC(=O)c1cc(NC(=O)c2nc(-c3cccs3)oc2C)cc(C)c1C. The molecule has 0 radical (unpaired) electrons. The van der Waals surface area contributed by atoms with Gasteiger partial charge in [-0.3, -0.25) is 4.79 Å². The van der Waals surface area contributed by atoms with Gasteiger partial charge in [0.15, 0.2) is 5.69 Å². The lowest BCUT2D eigenvalue weighted by molar-refractivity contribution is 0.0599. The minimum Gasteiger partial charge on any atom is -0.465 e. The van der Waals surface area contributed by atoms with Gasteiger partial charge in [0.2, 0.25) is 5.89 Å². The van der Waals surface area contributed by atoms with Crippen molar-refractivity contribution >= 4 is 28.9 Å². The highest BCUT2D eigenvalue weighted by Gasteiger charge is 2.20. The number of ether oxygens (including phenoxy) is 1. The molecule has 1 amide bonds. The Kier molecular flexibility index (Phi) is 4.90. The van der Waals surface area contributed by atoms with E-state index in [-0.39, 0.29) is 5.69 Å². The Balaban J connectivity index is 1.89. The van der Waals surface area contributed by atoms with Crippen molar-refractivity contribution in [2.45, 2.75) is 20.8 Å². The van der Waals surface area contributed by atoms with E-state index in [2.05, 4.69) is 10.3 Å². The molecule has 0 fully saturated rings. The second-order valence-electron chi connectivity index (χ2n) is 5.81. The first kappa shape index (κ1) is 17.9. The number of rotatable bonds is 4. The standard InChI is InChI=1S/C19H18N2O4S/c1-10-8-13(9-14(11(10)2)19(23)24-4)20-17(22)16-12(3)25-18(21-16)15-6-5-7-26-15/h5-9H,1-4H3,(H,20,22). The number of aromatic nitrogens is 1. The quantitative estimate of drug-likeness (QED) is 0.690. The molecule has 0 saturated heterocycles. The molecule has 7 heteroatoms. The third-order valence-electron chi connectivity index (χ3n) is 4.07. The predicted octanol–water partition coefficient (Wildman–Crippen LogP) is 4.37. The van der Waals surface area contributed by atoms with Gasteiger partial charge in [-0.15, -0.1) is 11.3 Å². The molecule has 1 N–H and O–H groups in total. The molecule has 3 rings (SSSR count). The first-order chi connectivity index (χ1) is 12.4. The fraction of sp³-hybridized carbons (Fsp3) is 0.211. The van der Waals surface area contributed by atoms with Crippen LogP contribution in [0.1, 0.15) is 37.7 Å². The van der Waals surface area contributed by atoms with E-state index in [1.165, 1.54) is 18.4 Å². The van der Waals surface area contributed by atoms with E-state index in [0.29, 0.717) is 22.9 Å². The number of methoxy groups -OCH3 is 1. The highest BCUT2D eigenvalue weighted by atomic mass is 32.1. The van der Waals surface area contributed by atoms with Crippen molar-refractivity contribution in [1.29, 1.82) is 0 Å². The van der Waals surface area contributed by atoms with E-state index in [0.717, 1.165) is 16.0 Å². The maximum Gasteiger partial charge on any atom is 0.338 e. The maximum atomic E-state index is 12.6. The number of nitrogens with one attached hydrogen (secondary N) is 1. The van der Waals surface area contributed by atoms with Gasteiger partial charge in [-0.2, -0.15) is 0 Å². The van der Waals surface area contributed by atoms with Gasteiger partial charge in [0.25, 0.3) is 5.91 Å². The second kappa shape index (κ2) is 7.13. The number of oxazole rings is 1. The Morgan fingerprint density at radius 2 is 2.00 bits per heavy atom. The average Bonchev–Trinajstić information content (AvgIpc) is 3.26. The van der Waals surface area contributed by atoms with E-state index < -0.39 is 11.9 Å². The fourth-order valence-electron chi connectivity index (χ4n) is 2.56. The van der Waals surface area contributed by atoms with Crippen LogP contribution in [0.4, 0.5) is 5.69 Å². The Morgan fingerprint density at radius 1 is 1.23 bits per heavy atom. The summed E-state index contributed by atoms with van der Waals surface area (Å²) in [7, 11) is 1.33. The van der Waals surface area contributed by atoms with E-state index in [1.807, 2.05) is 31.4 Å². The molecular formula is C19H18N2O4S. The highest BCUT2D eigenvalue weighted by Crippen LogP contribution is 2.27. The molecule has 0 aliphatic heterocycles. The summed E-state index contributed by atoms with van der Waals surface area (Å²) in [6.45, 7) is 5.40. The molecule has 0 saturated carbocycles. The summed E-state index contributed by atoms with van der Waals surface area (Å²) >= 11 is 1.49. The lowest BCUT2D eigenvalue weighted by atomic mass is 10.0. The van der Waals surface area contributed by atoms with Crippen LogP contribution < -0.4 is 5.32 Å². The number of aryl methyl sites for hydroxylation is 2. The second-order valence-corrected chi connectivity index (χ2v) is 6.76. The van der Waals surface area contributed by atoms with E-state index in [9.17, 15) is 9.59 Å². The zero-order valence-corrected chi connectivity index (χ0v) is 15.7. The molecule has 1 aromatic carbocycles. The number of thiophene rings is 1. The number of carbonyl (C=O) groups excluding carboxylic acids is 2. The third-order valence-corrected chi connectivity index (χ3v) is 4.93. The van der Waals surface area contributed by atoms with Crippen LogP contribution in [0.2, 0.25) is 0 Å². The number of hydrogen-bond acceptors (Lipinski definition) is 6. The Hall–Kier alpha value is -2.93. The van der Waals surface area contributed by atoms with Crippen molar-refractivity contribution in [3.8, 4) is 10.8 Å². The molecule has 2 heterocycles. The van der Waals surface area contributed by atoms with Crippen LogP contribution >= 0.6 is 11.3 Å². The van der Waals surface area contributed by atoms with Gasteiger partial charge < -0.3 is 14.5 Å². The van der Waals surface area contributed by atoms with Crippen molar-refractivity contribution in [2.24, 2.45) is 0 Å². The van der Waals surface area contributed by atoms with E-state index in [4.69, 9.17) is 9.15 Å². The van der Waals surface area contributed by atoms with Crippen LogP contribution in [0.15, 0.2) is 34.1 Å². The van der Waals surface area contributed by atoms with Crippen molar-refractivity contribution in [3.63, 3.8) is 0 Å². The molecule has 0 bridgehead atoms. The minimum absolute atomic E-state index is 0.214. The Morgan fingerprint density at radius 3 is 2.65 bits per heavy atom. The summed E-state index contributed by atoms with van der Waals surface area (Å²) in [4.78, 5) is 29.7. The summed E-state index contributed by atoms with van der Waals surface area (Å²) < 4.78 is 10.4. The summed E-state index contributed by atoms with van der Waals surface area (Å²) in [5, 5.41) is 4.69. The van der Waals surface area contributed by atoms with E-state index >= 15 is 0 Å². The van der Waals surface area contributed by atoms with Crippen LogP contribution in [-0.2, 0) is 4.74 Å². The largest absolute Gasteiger partial charge is 0.465 e. The van der Waals surface area contributed by atoms with Crippen molar-refractivity contribution in [3.05, 3.63) is 57.8 Å². The Labute approximate surface area is 154 Å². The van der Waals surface area contributed by atoms with Crippen LogP contribution in [-0.4, -0.2) is 24.0 Å². The van der Waals surface area contributed by atoms with Gasteiger partial charge in [0.1, 0.15) is 5.76 Å². The first-order valence-electron chi connectivity index (χ1n) is 7.93. The van der Waals surface area contributed by atoms with Gasteiger partial charge in [-0.1, -0.05) is 6.07 Å². The molecule has 26 heavy (non-hydrogen) atoms. The molecule has 0 aliphatic rings. The first-order valence-corrected chi connectivity index (χ1v) is 8.81. The maximum absolute atomic E-state index is 12.6. The van der Waals surface area contributed by atoms with Gasteiger partial charge >= 0.3 is 5.97 Å². The van der Waals surface area contributed by atoms with Crippen molar-refractivity contribution in [1.82, 2.24) is 4.98 Å². The van der Waals surface area contributed by atoms with Crippen LogP contribution in [0.5, 0.6) is 0 Å². The molecule has 0 aliphatic carbocycles. The molecule has 134 valence electrons. The molecule has 6 nitrogen and oxygen atoms in total. The summed E-state index contributed by atoms with van der Waals surface area (Å²) in [6.07, 6.45) is 0. The van der Waals surface area contributed by atoms with Gasteiger partial charge in [0.05, 0.1) is 17.6 Å². The number of nitrogens with zero attached hydrogens (tertiary/aromatic N) is 1. The zero-order valence-electron chi connectivity index (χ0n) is 14.9. The number of carbonyl (C=O) groups is 2. The average molecular weight is 370 g/mol. The smallest absolute Gasteiger partial charge is 0.338 e. The van der Waals surface area contributed by atoms with Gasteiger partial charge in [-0.05, 0) is 55.5 Å². The minimum atomic E-state index is -0.445. The van der Waals surface area contributed by atoms with Gasteiger partial charge in [0, 0.05) is 5.69 Å². The lowest BCUT2D eigenvalue weighted by Gasteiger charge is -2.11. The summed E-state index contributed by atoms with van der Waals surface area (Å²) in [6, 6.07) is 7.17. The topological polar surface area (TPSA) is 81.4 Å². The third kappa shape index (κ3) is 3.39. The Bertz CT molecular complexity index is 974. The number of esters is 1. The summed E-state index contributed by atoms with van der Waals surface area (Å²) in [5.74, 6) is 0.00772. The molecule has 2 aromatic heterocycles. The van der Waals surface area contributed by atoms with Crippen LogP contribution in [0.25, 0.3) is 10.8 Å². The number of anilines is 1. The summed E-state index contributed by atoms with van der Waals surface area (Å²) in [5.41, 5.74) is 2.82. The fourth-order valence-corrected chi connectivity index (χ4v) is 3.21. The van der Waals surface area contributed by atoms with Gasteiger partial charge in [-0.25, -0.2) is 9.78 Å². The number of benzene rings is 1. The highest BCUT2D eigenvalue weighted by molar-refractivity contribution is 7.13. The number of hydrogen-bond donors (Lipinski definition) is 1. The molecule has 3 aromatic rings. The molecule has 0 unspecified atom stereocenters. The lowest BCUT2D eigenvalue weighted by Crippen LogP contribution is -2.15. The normalized spacial score (nSPS) is 10.6. The van der Waals surface area contributed by atoms with Crippen LogP contribution in [0, 0.1) is 20.8 Å². The zero-order chi connectivity index (χ0) is 18.8. The monoisotopic (exact) mass is 370 g/mol. The number of amides is 1. The molecular weight excluding hydrogens is 352 g/mol. The molecule has 0 spiro atoms. The van der Waals surface area contributed by atoms with Crippen LogP contribution in [0.3, 0.4) is 0 Å². The predicted molar refractivity (Wildman–Crippen MR) is 99.8 cm³/mol. The van der Waals surface area contributed by atoms with Crippen molar-refractivity contribution in [2.75, 3.05) is 12.4 Å². The van der Waals surface area contributed by atoms with E-state index in [1.54, 1.807) is 19.1 Å².